The number of Topliss-reactive ketones (excluding diaryl/α,β-unsaturated/α-hetero) is 1. The fourth-order valence-electron chi connectivity index (χ4n) is 4.32. The number of hydrogen-bond acceptors (Lipinski definition) is 5. The smallest absolute Gasteiger partial charge is 0.414 e. The predicted octanol–water partition coefficient (Wildman–Crippen LogP) is 4.23. The lowest BCUT2D eigenvalue weighted by Gasteiger charge is -2.29. The van der Waals surface area contributed by atoms with Gasteiger partial charge in [-0.3, -0.25) is 14.5 Å². The first-order valence-corrected chi connectivity index (χ1v) is 11.8. The number of hydrogen-bond donors (Lipinski definition) is 1. The summed E-state index contributed by atoms with van der Waals surface area (Å²) in [5, 5.41) is 2.72. The third kappa shape index (κ3) is 5.73. The summed E-state index contributed by atoms with van der Waals surface area (Å²) in [5.74, 6) is -0.738. The number of anilines is 2. The van der Waals surface area contributed by atoms with Gasteiger partial charge in [0.1, 0.15) is 11.9 Å². The maximum atomic E-state index is 14.8. The van der Waals surface area contributed by atoms with Gasteiger partial charge in [0, 0.05) is 31.5 Å². The lowest BCUT2D eigenvalue weighted by molar-refractivity contribution is -0.121. The molecule has 7 nitrogen and oxygen atoms in total. The average molecular weight is 468 g/mol. The zero-order valence-corrected chi connectivity index (χ0v) is 19.4. The first-order chi connectivity index (χ1) is 16.4. The van der Waals surface area contributed by atoms with Gasteiger partial charge in [-0.2, -0.15) is 0 Å². The van der Waals surface area contributed by atoms with Crippen LogP contribution in [0.5, 0.6) is 0 Å². The molecule has 2 aromatic rings. The van der Waals surface area contributed by atoms with E-state index in [1.807, 2.05) is 24.0 Å². The van der Waals surface area contributed by atoms with E-state index < -0.39 is 12.2 Å². The number of benzene rings is 2. The molecule has 0 aromatic heterocycles. The van der Waals surface area contributed by atoms with Gasteiger partial charge < -0.3 is 15.0 Å². The lowest BCUT2D eigenvalue weighted by Crippen LogP contribution is -2.34. The summed E-state index contributed by atoms with van der Waals surface area (Å²) >= 11 is 0. The second-order valence-electron chi connectivity index (χ2n) is 8.89. The van der Waals surface area contributed by atoms with Gasteiger partial charge in [-0.25, -0.2) is 9.18 Å². The van der Waals surface area contributed by atoms with Gasteiger partial charge in [-0.05, 0) is 44.4 Å². The van der Waals surface area contributed by atoms with E-state index in [9.17, 15) is 18.8 Å². The van der Waals surface area contributed by atoms with Crippen LogP contribution in [0.2, 0.25) is 0 Å². The number of nitrogens with one attached hydrogen (secondary N) is 1. The number of carbonyl (C=O) groups is 3. The largest absolute Gasteiger partial charge is 0.442 e. The fraction of sp³-hybridized carbons (Fsp3) is 0.423. The Hall–Kier alpha value is -3.42. The molecular weight excluding hydrogens is 437 g/mol. The molecule has 34 heavy (non-hydrogen) atoms. The summed E-state index contributed by atoms with van der Waals surface area (Å²) in [6.07, 6.45) is 2.30. The lowest BCUT2D eigenvalue weighted by atomic mass is 10.0. The van der Waals surface area contributed by atoms with Crippen molar-refractivity contribution < 1.29 is 23.5 Å². The Morgan fingerprint density at radius 3 is 2.50 bits per heavy atom. The fourth-order valence-corrected chi connectivity index (χ4v) is 4.32. The molecule has 8 heteroatoms. The highest BCUT2D eigenvalue weighted by molar-refractivity contribution is 5.98. The molecule has 2 aromatic carbocycles. The van der Waals surface area contributed by atoms with Crippen molar-refractivity contribution in [2.45, 2.75) is 45.1 Å². The van der Waals surface area contributed by atoms with E-state index in [1.54, 1.807) is 24.3 Å². The second-order valence-corrected chi connectivity index (χ2v) is 8.89. The quantitative estimate of drug-likeness (QED) is 0.588. The summed E-state index contributed by atoms with van der Waals surface area (Å²) in [4.78, 5) is 40.2. The molecule has 2 amide bonds. The van der Waals surface area contributed by atoms with Crippen LogP contribution in [0.3, 0.4) is 0 Å². The number of ether oxygens (including phenoxy) is 1. The standard InChI is InChI=1S/C26H30FN3O4/c1-18-5-7-19(8-6-18)24(31)11-12-25(32)28-16-21-17-30(26(33)34-21)20-9-10-23(22(27)15-20)29-13-3-2-4-14-29/h5-10,15,21H,2-4,11-14,16-17H2,1H3,(H,28,32)/t21-/m0/s1. The topological polar surface area (TPSA) is 79.0 Å². The van der Waals surface area contributed by atoms with E-state index in [4.69, 9.17) is 4.74 Å². The van der Waals surface area contributed by atoms with Crippen LogP contribution in [-0.2, 0) is 9.53 Å². The maximum absolute atomic E-state index is 14.8. The van der Waals surface area contributed by atoms with Crippen LogP contribution < -0.4 is 15.1 Å². The van der Waals surface area contributed by atoms with Crippen LogP contribution in [0.15, 0.2) is 42.5 Å². The number of cyclic esters (lactones) is 1. The number of aryl methyl sites for hydroxylation is 1. The minimum Gasteiger partial charge on any atom is -0.442 e. The van der Waals surface area contributed by atoms with E-state index in [-0.39, 0.29) is 43.4 Å². The summed E-state index contributed by atoms with van der Waals surface area (Å²) < 4.78 is 20.1. The highest BCUT2D eigenvalue weighted by Crippen LogP contribution is 2.29. The minimum atomic E-state index is -0.570. The van der Waals surface area contributed by atoms with Crippen molar-refractivity contribution in [1.29, 1.82) is 0 Å². The summed E-state index contributed by atoms with van der Waals surface area (Å²) in [6.45, 7) is 3.96. The first kappa shape index (κ1) is 23.7. The Labute approximate surface area is 198 Å². The number of halogens is 1. The van der Waals surface area contributed by atoms with Crippen LogP contribution in [0.1, 0.15) is 48.0 Å². The molecule has 1 N–H and O–H groups in total. The molecule has 2 aliphatic heterocycles. The van der Waals surface area contributed by atoms with Gasteiger partial charge in [0.15, 0.2) is 5.78 Å². The SMILES string of the molecule is Cc1ccc(C(=O)CCC(=O)NC[C@H]2CN(c3ccc(N4CCCCC4)c(F)c3)C(=O)O2)cc1. The third-order valence-electron chi connectivity index (χ3n) is 6.29. The van der Waals surface area contributed by atoms with Gasteiger partial charge in [-0.1, -0.05) is 29.8 Å². The monoisotopic (exact) mass is 467 g/mol. The summed E-state index contributed by atoms with van der Waals surface area (Å²) in [6, 6.07) is 12.0. The number of rotatable bonds is 8. The molecule has 4 rings (SSSR count). The molecule has 1 atom stereocenters. The second kappa shape index (κ2) is 10.7. The third-order valence-corrected chi connectivity index (χ3v) is 6.29. The van der Waals surface area contributed by atoms with Crippen molar-refractivity contribution in [2.24, 2.45) is 0 Å². The molecule has 0 spiro atoms. The van der Waals surface area contributed by atoms with Crippen LogP contribution >= 0.6 is 0 Å². The van der Waals surface area contributed by atoms with E-state index in [1.165, 1.54) is 11.0 Å². The number of carbonyl (C=O) groups excluding carboxylic acids is 3. The molecule has 0 unspecified atom stereocenters. The van der Waals surface area contributed by atoms with Crippen LogP contribution in [-0.4, -0.2) is 50.1 Å². The number of ketones is 1. The van der Waals surface area contributed by atoms with Gasteiger partial charge in [-0.15, -0.1) is 0 Å². The molecule has 0 bridgehead atoms. The molecular formula is C26H30FN3O4. The Bertz CT molecular complexity index is 1050. The Kier molecular flexibility index (Phi) is 7.45. The van der Waals surface area contributed by atoms with Gasteiger partial charge >= 0.3 is 6.09 Å². The summed E-state index contributed by atoms with van der Waals surface area (Å²) in [5.41, 5.74) is 2.63. The molecule has 2 fully saturated rings. The molecule has 2 heterocycles. The highest BCUT2D eigenvalue weighted by Gasteiger charge is 2.33. The maximum Gasteiger partial charge on any atom is 0.414 e. The van der Waals surface area contributed by atoms with Gasteiger partial charge in [0.05, 0.1) is 24.5 Å². The zero-order valence-electron chi connectivity index (χ0n) is 19.4. The first-order valence-electron chi connectivity index (χ1n) is 11.8. The van der Waals surface area contributed by atoms with Crippen molar-refractivity contribution in [3.05, 3.63) is 59.4 Å². The van der Waals surface area contributed by atoms with E-state index >= 15 is 0 Å². The van der Waals surface area contributed by atoms with E-state index in [0.29, 0.717) is 16.9 Å². The van der Waals surface area contributed by atoms with Gasteiger partial charge in [0.2, 0.25) is 5.91 Å². The molecule has 0 radical (unpaired) electrons. The Morgan fingerprint density at radius 1 is 1.06 bits per heavy atom. The van der Waals surface area contributed by atoms with Crippen molar-refractivity contribution in [3.8, 4) is 0 Å². The van der Waals surface area contributed by atoms with Crippen molar-refractivity contribution >= 4 is 29.2 Å². The molecule has 2 aliphatic rings. The Balaban J connectivity index is 1.25. The van der Waals surface area contributed by atoms with Crippen LogP contribution in [0.25, 0.3) is 0 Å². The van der Waals surface area contributed by atoms with Crippen molar-refractivity contribution in [1.82, 2.24) is 5.32 Å². The highest BCUT2D eigenvalue weighted by atomic mass is 19.1. The van der Waals surface area contributed by atoms with E-state index in [0.717, 1.165) is 37.9 Å². The minimum absolute atomic E-state index is 0.0558. The molecule has 180 valence electrons. The van der Waals surface area contributed by atoms with Crippen molar-refractivity contribution in [3.63, 3.8) is 0 Å². The Morgan fingerprint density at radius 2 is 1.79 bits per heavy atom. The van der Waals surface area contributed by atoms with Crippen LogP contribution in [0.4, 0.5) is 20.6 Å². The summed E-state index contributed by atoms with van der Waals surface area (Å²) in [7, 11) is 0. The number of piperidine rings is 1. The van der Waals surface area contributed by atoms with E-state index in [2.05, 4.69) is 5.32 Å². The number of nitrogens with zero attached hydrogens (tertiary/aromatic N) is 2. The molecule has 0 aliphatic carbocycles. The normalized spacial score (nSPS) is 18.1. The molecule has 2 saturated heterocycles. The molecule has 0 saturated carbocycles. The van der Waals surface area contributed by atoms with Crippen molar-refractivity contribution in [2.75, 3.05) is 36.0 Å². The van der Waals surface area contributed by atoms with Crippen LogP contribution in [0, 0.1) is 12.7 Å². The average Bonchev–Trinajstić information content (AvgIpc) is 3.22. The zero-order chi connectivity index (χ0) is 24.1. The number of amides is 2. The van der Waals surface area contributed by atoms with Gasteiger partial charge in [0.25, 0.3) is 0 Å². The predicted molar refractivity (Wildman–Crippen MR) is 128 cm³/mol.